The molecule has 0 radical (unpaired) electrons. The molecule has 1 aromatic heterocycles. The average Bonchev–Trinajstić information content (AvgIpc) is 2.13. The molecule has 0 spiro atoms. The lowest BCUT2D eigenvalue weighted by molar-refractivity contribution is 0.194. The van der Waals surface area contributed by atoms with Gasteiger partial charge >= 0.3 is 0 Å². The second-order valence-electron chi connectivity index (χ2n) is 1.69. The molecule has 2 nitrogen and oxygen atoms in total. The predicted octanol–water partition coefficient (Wildman–Crippen LogP) is 1.80. The lowest BCUT2D eigenvalue weighted by atomic mass is 10.3. The zero-order chi connectivity index (χ0) is 6.85. The van der Waals surface area contributed by atoms with Crippen molar-refractivity contribution in [1.82, 2.24) is 4.98 Å². The fourth-order valence-electron chi connectivity index (χ4n) is 0.513. The molecule has 1 unspecified atom stereocenters. The smallest absolute Gasteiger partial charge is 0.0951 e. The molecule has 1 atom stereocenters. The average molecular weight is 255 g/mol. The van der Waals surface area contributed by atoms with E-state index in [1.165, 1.54) is 0 Å². The van der Waals surface area contributed by atoms with Crippen LogP contribution in [0.3, 0.4) is 0 Å². The van der Waals surface area contributed by atoms with E-state index in [0.29, 0.717) is 0 Å². The van der Waals surface area contributed by atoms with Crippen molar-refractivity contribution in [3.63, 3.8) is 0 Å². The Morgan fingerprint density at radius 2 is 2.56 bits per heavy atom. The van der Waals surface area contributed by atoms with Crippen LogP contribution < -0.4 is 0 Å². The van der Waals surface area contributed by atoms with Crippen molar-refractivity contribution < 1.29 is 5.11 Å². The minimum atomic E-state index is -0.428. The molecule has 0 bridgehead atoms. The summed E-state index contributed by atoms with van der Waals surface area (Å²) in [6.07, 6.45) is -0.428. The van der Waals surface area contributed by atoms with Crippen LogP contribution in [0, 0.1) is 2.88 Å². The van der Waals surface area contributed by atoms with E-state index in [1.807, 2.05) is 0 Å². The monoisotopic (exact) mass is 255 g/mol. The van der Waals surface area contributed by atoms with E-state index < -0.39 is 6.10 Å². The van der Waals surface area contributed by atoms with E-state index in [4.69, 9.17) is 5.11 Å². The van der Waals surface area contributed by atoms with Gasteiger partial charge in [-0.25, -0.2) is 4.98 Å². The molecule has 50 valence electrons. The van der Waals surface area contributed by atoms with Gasteiger partial charge in [-0.15, -0.1) is 11.3 Å². The molecule has 9 heavy (non-hydrogen) atoms. The Labute approximate surface area is 71.1 Å². The highest BCUT2D eigenvalue weighted by atomic mass is 127. The second kappa shape index (κ2) is 2.94. The lowest BCUT2D eigenvalue weighted by Gasteiger charge is -1.97. The molecule has 1 aromatic rings. The van der Waals surface area contributed by atoms with Crippen molar-refractivity contribution in [3.8, 4) is 0 Å². The summed E-state index contributed by atoms with van der Waals surface area (Å²) in [4.78, 5) is 3.98. The van der Waals surface area contributed by atoms with E-state index >= 15 is 0 Å². The minimum absolute atomic E-state index is 0.428. The first kappa shape index (κ1) is 7.43. The maximum Gasteiger partial charge on any atom is 0.0951 e. The van der Waals surface area contributed by atoms with Gasteiger partial charge in [0.25, 0.3) is 0 Å². The summed E-state index contributed by atoms with van der Waals surface area (Å²) in [6, 6.07) is 0. The van der Waals surface area contributed by atoms with Crippen molar-refractivity contribution in [2.75, 3.05) is 0 Å². The SMILES string of the molecule is CC(O)c1ncsc1I. The summed E-state index contributed by atoms with van der Waals surface area (Å²) >= 11 is 3.72. The number of hydrogen-bond acceptors (Lipinski definition) is 3. The van der Waals surface area contributed by atoms with Gasteiger partial charge in [-0.1, -0.05) is 0 Å². The van der Waals surface area contributed by atoms with Crippen LogP contribution in [0.1, 0.15) is 18.7 Å². The predicted molar refractivity (Wildman–Crippen MR) is 45.5 cm³/mol. The fraction of sp³-hybridized carbons (Fsp3) is 0.400. The van der Waals surface area contributed by atoms with Crippen LogP contribution in [0.2, 0.25) is 0 Å². The van der Waals surface area contributed by atoms with Crippen molar-refractivity contribution in [2.24, 2.45) is 0 Å². The van der Waals surface area contributed by atoms with Crippen molar-refractivity contribution in [3.05, 3.63) is 14.1 Å². The molecule has 4 heteroatoms. The van der Waals surface area contributed by atoms with Gasteiger partial charge < -0.3 is 5.11 Å². The van der Waals surface area contributed by atoms with Gasteiger partial charge in [0.1, 0.15) is 0 Å². The van der Waals surface area contributed by atoms with Gasteiger partial charge in [-0.05, 0) is 29.5 Å². The Balaban J connectivity index is 2.94. The van der Waals surface area contributed by atoms with Crippen LogP contribution in [0.4, 0.5) is 0 Å². The van der Waals surface area contributed by atoms with Gasteiger partial charge in [0, 0.05) is 0 Å². The lowest BCUT2D eigenvalue weighted by Crippen LogP contribution is -1.91. The number of nitrogens with zero attached hydrogens (tertiary/aromatic N) is 1. The highest BCUT2D eigenvalue weighted by Crippen LogP contribution is 2.21. The molecular formula is C5H6INOS. The maximum absolute atomic E-state index is 9.03. The van der Waals surface area contributed by atoms with Gasteiger partial charge in [0.2, 0.25) is 0 Å². The third-order valence-corrected chi connectivity index (χ3v) is 2.89. The Hall–Kier alpha value is 0.320. The van der Waals surface area contributed by atoms with Crippen LogP contribution >= 0.6 is 33.9 Å². The van der Waals surface area contributed by atoms with Gasteiger partial charge in [-0.3, -0.25) is 0 Å². The van der Waals surface area contributed by atoms with Gasteiger partial charge in [0.15, 0.2) is 0 Å². The summed E-state index contributed by atoms with van der Waals surface area (Å²) in [5, 5.41) is 9.03. The van der Waals surface area contributed by atoms with Crippen LogP contribution in [0.25, 0.3) is 0 Å². The first-order valence-electron chi connectivity index (χ1n) is 2.48. The number of thiazole rings is 1. The van der Waals surface area contributed by atoms with E-state index in [-0.39, 0.29) is 0 Å². The third-order valence-electron chi connectivity index (χ3n) is 0.945. The van der Waals surface area contributed by atoms with Crippen molar-refractivity contribution in [1.29, 1.82) is 0 Å². The molecule has 0 saturated heterocycles. The van der Waals surface area contributed by atoms with Crippen LogP contribution in [-0.2, 0) is 0 Å². The van der Waals surface area contributed by atoms with E-state index in [0.717, 1.165) is 8.58 Å². The number of hydrogen-bond donors (Lipinski definition) is 1. The fourth-order valence-corrected chi connectivity index (χ4v) is 2.05. The molecule has 1 rings (SSSR count). The molecule has 0 aliphatic heterocycles. The zero-order valence-corrected chi connectivity index (χ0v) is 7.81. The second-order valence-corrected chi connectivity index (χ2v) is 4.35. The Morgan fingerprint density at radius 3 is 2.78 bits per heavy atom. The summed E-state index contributed by atoms with van der Waals surface area (Å²) in [5.41, 5.74) is 2.53. The maximum atomic E-state index is 9.03. The first-order valence-corrected chi connectivity index (χ1v) is 4.44. The zero-order valence-electron chi connectivity index (χ0n) is 4.84. The van der Waals surface area contributed by atoms with Gasteiger partial charge in [-0.2, -0.15) is 0 Å². The van der Waals surface area contributed by atoms with Gasteiger partial charge in [0.05, 0.1) is 20.2 Å². The summed E-state index contributed by atoms with van der Waals surface area (Å²) in [6.45, 7) is 1.72. The summed E-state index contributed by atoms with van der Waals surface area (Å²) < 4.78 is 1.07. The number of aliphatic hydroxyl groups is 1. The Kier molecular flexibility index (Phi) is 2.42. The highest BCUT2D eigenvalue weighted by molar-refractivity contribution is 14.1. The first-order chi connectivity index (χ1) is 4.22. The number of rotatable bonds is 1. The standard InChI is InChI=1S/C5H6INOS/c1-3(8)4-5(6)9-2-7-4/h2-3,8H,1H3. The van der Waals surface area contributed by atoms with E-state index in [9.17, 15) is 0 Å². The molecule has 1 N–H and O–H groups in total. The van der Waals surface area contributed by atoms with E-state index in [1.54, 1.807) is 23.8 Å². The number of aliphatic hydroxyl groups excluding tert-OH is 1. The largest absolute Gasteiger partial charge is 0.387 e. The summed E-state index contributed by atoms with van der Waals surface area (Å²) in [7, 11) is 0. The quantitative estimate of drug-likeness (QED) is 0.776. The molecule has 0 fully saturated rings. The number of aromatic nitrogens is 1. The highest BCUT2D eigenvalue weighted by Gasteiger charge is 2.07. The van der Waals surface area contributed by atoms with Crippen LogP contribution in [0.15, 0.2) is 5.51 Å². The molecule has 0 aliphatic rings. The normalized spacial score (nSPS) is 13.7. The molecule has 0 amide bonds. The van der Waals surface area contributed by atoms with E-state index in [2.05, 4.69) is 27.6 Å². The van der Waals surface area contributed by atoms with Crippen LogP contribution in [-0.4, -0.2) is 10.1 Å². The van der Waals surface area contributed by atoms with Crippen molar-refractivity contribution >= 4 is 33.9 Å². The van der Waals surface area contributed by atoms with Crippen LogP contribution in [0.5, 0.6) is 0 Å². The van der Waals surface area contributed by atoms with Crippen molar-refractivity contribution in [2.45, 2.75) is 13.0 Å². The summed E-state index contributed by atoms with van der Waals surface area (Å²) in [5.74, 6) is 0. The molecule has 0 aromatic carbocycles. The molecular weight excluding hydrogens is 249 g/mol. The Morgan fingerprint density at radius 1 is 1.89 bits per heavy atom. The topological polar surface area (TPSA) is 33.1 Å². The molecule has 0 aliphatic carbocycles. The third kappa shape index (κ3) is 1.62. The molecule has 0 saturated carbocycles. The minimum Gasteiger partial charge on any atom is -0.387 e. The Bertz CT molecular complexity index is 199. The molecule has 1 heterocycles. The number of halogens is 1.